The number of hydrogen-bond donors (Lipinski definition) is 2. The van der Waals surface area contributed by atoms with E-state index in [1.807, 2.05) is 6.07 Å². The zero-order valence-corrected chi connectivity index (χ0v) is 16.0. The van der Waals surface area contributed by atoms with Crippen LogP contribution < -0.4 is 11.1 Å². The highest BCUT2D eigenvalue weighted by molar-refractivity contribution is 6.31. The molecular weight excluding hydrogens is 370 g/mol. The summed E-state index contributed by atoms with van der Waals surface area (Å²) in [6, 6.07) is 6.66. The topological polar surface area (TPSA) is 114 Å². The minimum Gasteiger partial charge on any atom is -0.456 e. The summed E-state index contributed by atoms with van der Waals surface area (Å²) in [5.74, 6) is -1.53. The van der Waals surface area contributed by atoms with Crippen LogP contribution in [0.25, 0.3) is 0 Å². The molecule has 0 saturated heterocycles. The lowest BCUT2D eigenvalue weighted by Gasteiger charge is -2.35. The predicted molar refractivity (Wildman–Crippen MR) is 98.2 cm³/mol. The average Bonchev–Trinajstić information content (AvgIpc) is 2.79. The standard InChI is InChI=1S/C19H18ClN3O4/c1-9-14(16(24)27-18(2,3)4)19(12(8-21)15(22)26-9)11-7-10(20)5-6-13(11)23-17(19)25/h5-7H,22H2,1-4H3,(H,23,25)/t19-/m0/s1. The number of allylic oxidation sites excluding steroid dienone is 1. The van der Waals surface area contributed by atoms with Crippen molar-refractivity contribution in [2.45, 2.75) is 38.7 Å². The van der Waals surface area contributed by atoms with Crippen molar-refractivity contribution >= 4 is 29.2 Å². The fraction of sp³-hybridized carbons (Fsp3) is 0.316. The third kappa shape index (κ3) is 2.73. The van der Waals surface area contributed by atoms with E-state index in [-0.39, 0.29) is 22.8 Å². The summed E-state index contributed by atoms with van der Waals surface area (Å²) in [6.45, 7) is 6.60. The number of ether oxygens (including phenoxy) is 2. The van der Waals surface area contributed by atoms with Crippen molar-refractivity contribution in [1.82, 2.24) is 0 Å². The number of anilines is 1. The number of nitrogens with one attached hydrogen (secondary N) is 1. The lowest BCUT2D eigenvalue weighted by Crippen LogP contribution is -2.46. The second-order valence-corrected chi connectivity index (χ2v) is 7.72. The number of nitrogens with two attached hydrogens (primary N) is 1. The Balaban J connectivity index is 2.36. The van der Waals surface area contributed by atoms with E-state index in [9.17, 15) is 14.9 Å². The van der Waals surface area contributed by atoms with Crippen LogP contribution in [0.4, 0.5) is 5.69 Å². The van der Waals surface area contributed by atoms with Crippen molar-refractivity contribution in [1.29, 1.82) is 5.26 Å². The van der Waals surface area contributed by atoms with E-state index >= 15 is 0 Å². The molecule has 8 heteroatoms. The molecule has 2 aliphatic rings. The van der Waals surface area contributed by atoms with Gasteiger partial charge in [-0.25, -0.2) is 4.79 Å². The molecule has 1 aromatic rings. The second kappa shape index (κ2) is 6.03. The molecule has 1 aromatic carbocycles. The Hall–Kier alpha value is -2.98. The largest absolute Gasteiger partial charge is 0.456 e. The van der Waals surface area contributed by atoms with Crippen molar-refractivity contribution in [2.24, 2.45) is 5.73 Å². The Bertz CT molecular complexity index is 982. The SMILES string of the molecule is CC1=C(C(=O)OC(C)(C)C)[C@@]2(C(=O)Nc3ccc(Cl)cc32)C(C#N)=C(N)O1. The molecule has 0 unspecified atom stereocenters. The van der Waals surface area contributed by atoms with E-state index in [1.54, 1.807) is 32.9 Å². The lowest BCUT2D eigenvalue weighted by atomic mass is 9.68. The number of rotatable bonds is 1. The summed E-state index contributed by atoms with van der Waals surface area (Å²) in [7, 11) is 0. The number of nitriles is 1. The number of carbonyl (C=O) groups is 2. The van der Waals surface area contributed by atoms with E-state index in [0.717, 1.165) is 0 Å². The Morgan fingerprint density at radius 1 is 1.41 bits per heavy atom. The average molecular weight is 388 g/mol. The van der Waals surface area contributed by atoms with Gasteiger partial charge in [0.15, 0.2) is 5.41 Å². The lowest BCUT2D eigenvalue weighted by molar-refractivity contribution is -0.151. The van der Waals surface area contributed by atoms with E-state index < -0.39 is 22.9 Å². The summed E-state index contributed by atoms with van der Waals surface area (Å²) in [4.78, 5) is 26.2. The van der Waals surface area contributed by atoms with Gasteiger partial charge in [-0.3, -0.25) is 4.79 Å². The Morgan fingerprint density at radius 2 is 2.07 bits per heavy atom. The summed E-state index contributed by atoms with van der Waals surface area (Å²) in [5.41, 5.74) is 3.81. The number of esters is 1. The molecule has 0 radical (unpaired) electrons. The van der Waals surface area contributed by atoms with Crippen LogP contribution in [0.15, 0.2) is 41.0 Å². The third-order valence-corrected chi connectivity index (χ3v) is 4.54. The first-order chi connectivity index (χ1) is 12.5. The second-order valence-electron chi connectivity index (χ2n) is 7.28. The molecule has 2 heterocycles. The summed E-state index contributed by atoms with van der Waals surface area (Å²) >= 11 is 6.14. The van der Waals surface area contributed by atoms with Gasteiger partial charge in [-0.05, 0) is 45.9 Å². The Morgan fingerprint density at radius 3 is 2.67 bits per heavy atom. The van der Waals surface area contributed by atoms with Crippen LogP contribution in [-0.2, 0) is 24.5 Å². The van der Waals surface area contributed by atoms with Crippen LogP contribution in [0.5, 0.6) is 0 Å². The summed E-state index contributed by atoms with van der Waals surface area (Å²) in [5, 5.41) is 12.8. The molecule has 27 heavy (non-hydrogen) atoms. The van der Waals surface area contributed by atoms with Crippen molar-refractivity contribution < 1.29 is 19.1 Å². The summed E-state index contributed by atoms with van der Waals surface area (Å²) < 4.78 is 10.9. The van der Waals surface area contributed by atoms with Gasteiger partial charge in [-0.1, -0.05) is 11.6 Å². The quantitative estimate of drug-likeness (QED) is 0.716. The van der Waals surface area contributed by atoms with Crippen LogP contribution >= 0.6 is 11.6 Å². The minimum atomic E-state index is -1.79. The molecule has 1 atom stereocenters. The third-order valence-electron chi connectivity index (χ3n) is 4.30. The molecule has 0 bridgehead atoms. The van der Waals surface area contributed by atoms with Crippen LogP contribution in [0.3, 0.4) is 0 Å². The van der Waals surface area contributed by atoms with Gasteiger partial charge in [0.05, 0.1) is 0 Å². The maximum absolute atomic E-state index is 13.2. The molecule has 140 valence electrons. The van der Waals surface area contributed by atoms with E-state index in [0.29, 0.717) is 16.3 Å². The fourth-order valence-electron chi connectivity index (χ4n) is 3.38. The number of halogens is 1. The van der Waals surface area contributed by atoms with Gasteiger partial charge in [-0.15, -0.1) is 0 Å². The molecule has 0 saturated carbocycles. The van der Waals surface area contributed by atoms with Crippen molar-refractivity contribution in [3.63, 3.8) is 0 Å². The first kappa shape index (κ1) is 18.8. The van der Waals surface area contributed by atoms with Gasteiger partial charge >= 0.3 is 5.97 Å². The molecule has 7 nitrogen and oxygen atoms in total. The highest BCUT2D eigenvalue weighted by atomic mass is 35.5. The van der Waals surface area contributed by atoms with E-state index in [4.69, 9.17) is 26.8 Å². The molecule has 0 aliphatic carbocycles. The number of carbonyl (C=O) groups excluding carboxylic acids is 2. The van der Waals surface area contributed by atoms with Gasteiger partial charge in [0.1, 0.15) is 28.6 Å². The number of amides is 1. The molecule has 0 aromatic heterocycles. The number of benzene rings is 1. The highest BCUT2D eigenvalue weighted by Gasteiger charge is 2.60. The van der Waals surface area contributed by atoms with E-state index in [2.05, 4.69) is 5.32 Å². The normalized spacial score (nSPS) is 21.6. The molecule has 1 spiro atoms. The number of nitrogens with zero attached hydrogens (tertiary/aromatic N) is 1. The maximum atomic E-state index is 13.2. The summed E-state index contributed by atoms with van der Waals surface area (Å²) in [6.07, 6.45) is 0. The van der Waals surface area contributed by atoms with Crippen molar-refractivity contribution in [3.8, 4) is 6.07 Å². The van der Waals surface area contributed by atoms with Crippen LogP contribution in [-0.4, -0.2) is 17.5 Å². The van der Waals surface area contributed by atoms with Crippen LogP contribution in [0.1, 0.15) is 33.3 Å². The van der Waals surface area contributed by atoms with Gasteiger partial charge in [-0.2, -0.15) is 5.26 Å². The van der Waals surface area contributed by atoms with E-state index in [1.165, 1.54) is 13.0 Å². The molecule has 0 fully saturated rings. The first-order valence-corrected chi connectivity index (χ1v) is 8.54. The highest BCUT2D eigenvalue weighted by Crippen LogP contribution is 2.52. The maximum Gasteiger partial charge on any atom is 0.339 e. The zero-order valence-electron chi connectivity index (χ0n) is 15.3. The first-order valence-electron chi connectivity index (χ1n) is 8.16. The van der Waals surface area contributed by atoms with Gasteiger partial charge in [0.25, 0.3) is 0 Å². The van der Waals surface area contributed by atoms with Gasteiger partial charge < -0.3 is 20.5 Å². The molecule has 1 amide bonds. The predicted octanol–water partition coefficient (Wildman–Crippen LogP) is 2.87. The Kier molecular flexibility index (Phi) is 4.20. The molecule has 3 rings (SSSR count). The number of hydrogen-bond acceptors (Lipinski definition) is 6. The van der Waals surface area contributed by atoms with Crippen LogP contribution in [0.2, 0.25) is 5.02 Å². The van der Waals surface area contributed by atoms with Gasteiger partial charge in [0, 0.05) is 16.3 Å². The minimum absolute atomic E-state index is 0.0868. The molecule has 3 N–H and O–H groups in total. The number of fused-ring (bicyclic) bond motifs is 2. The van der Waals surface area contributed by atoms with Gasteiger partial charge in [0.2, 0.25) is 11.8 Å². The fourth-order valence-corrected chi connectivity index (χ4v) is 3.55. The smallest absolute Gasteiger partial charge is 0.339 e. The molecule has 2 aliphatic heterocycles. The molecular formula is C19H18ClN3O4. The van der Waals surface area contributed by atoms with Crippen molar-refractivity contribution in [3.05, 3.63) is 51.6 Å². The van der Waals surface area contributed by atoms with Crippen molar-refractivity contribution in [2.75, 3.05) is 5.32 Å². The van der Waals surface area contributed by atoms with Crippen LogP contribution in [0, 0.1) is 11.3 Å². The Labute approximate surface area is 161 Å². The monoisotopic (exact) mass is 387 g/mol. The zero-order chi connectivity index (χ0) is 20.1.